The number of aliphatic hydroxyl groups excluding tert-OH is 1. The number of anilines is 1. The lowest BCUT2D eigenvalue weighted by Gasteiger charge is -2.15. The normalized spacial score (nSPS) is 13.6. The van der Waals surface area contributed by atoms with Crippen LogP contribution in [0.5, 0.6) is 0 Å². The second kappa shape index (κ2) is 5.25. The Balaban J connectivity index is 2.58. The Bertz CT molecular complexity index is 372. The highest BCUT2D eigenvalue weighted by Gasteiger charge is 2.37. The van der Waals surface area contributed by atoms with Gasteiger partial charge < -0.3 is 10.4 Å². The van der Waals surface area contributed by atoms with Crippen molar-refractivity contribution in [1.29, 1.82) is 0 Å². The zero-order chi connectivity index (χ0) is 12.3. The third-order valence-electron chi connectivity index (χ3n) is 1.80. The maximum absolute atomic E-state index is 12.0. The van der Waals surface area contributed by atoms with Crippen LogP contribution in [0.4, 0.5) is 18.9 Å². The molecule has 1 rings (SSSR count). The average molecular weight is 319 g/mol. The molecule has 1 unspecified atom stereocenters. The fraction of sp³-hybridized carbons (Fsp3) is 0.333. The van der Waals surface area contributed by atoms with Crippen LogP contribution in [0.3, 0.4) is 0 Å². The topological polar surface area (TPSA) is 32.3 Å². The highest BCUT2D eigenvalue weighted by molar-refractivity contribution is 9.10. The predicted octanol–water partition coefficient (Wildman–Crippen LogP) is 3.44. The Hall–Kier alpha value is -0.460. The number of rotatable bonds is 3. The third kappa shape index (κ3) is 3.84. The molecular formula is C9H8BrClF3NO. The smallest absolute Gasteiger partial charge is 0.382 e. The molecule has 90 valence electrons. The lowest BCUT2D eigenvalue weighted by Crippen LogP contribution is -2.34. The second-order valence-electron chi connectivity index (χ2n) is 3.07. The Kier molecular flexibility index (Phi) is 4.46. The van der Waals surface area contributed by atoms with Crippen molar-refractivity contribution in [3.8, 4) is 0 Å². The molecule has 0 heterocycles. The number of benzene rings is 1. The largest absolute Gasteiger partial charge is 0.416 e. The van der Waals surface area contributed by atoms with Gasteiger partial charge in [0, 0.05) is 16.7 Å². The van der Waals surface area contributed by atoms with Crippen LogP contribution in [0.15, 0.2) is 22.7 Å². The molecule has 2 nitrogen and oxygen atoms in total. The zero-order valence-corrected chi connectivity index (χ0v) is 10.2. The summed E-state index contributed by atoms with van der Waals surface area (Å²) in [7, 11) is 0. The predicted molar refractivity (Wildman–Crippen MR) is 59.7 cm³/mol. The van der Waals surface area contributed by atoms with Gasteiger partial charge in [-0.3, -0.25) is 0 Å². The standard InChI is InChI=1S/C9H8BrClF3NO/c10-6-2-1-5(3-7(6)11)15-4-8(16)9(12,13)14/h1-3,8,15-16H,4H2. The fourth-order valence-electron chi connectivity index (χ4n) is 0.936. The van der Waals surface area contributed by atoms with Crippen LogP contribution in [-0.2, 0) is 0 Å². The van der Waals surface area contributed by atoms with Gasteiger partial charge in [-0.2, -0.15) is 13.2 Å². The Morgan fingerprint density at radius 2 is 2.06 bits per heavy atom. The van der Waals surface area contributed by atoms with E-state index in [-0.39, 0.29) is 0 Å². The maximum Gasteiger partial charge on any atom is 0.416 e. The molecule has 0 saturated carbocycles. The molecule has 7 heteroatoms. The van der Waals surface area contributed by atoms with Crippen molar-refractivity contribution in [3.05, 3.63) is 27.7 Å². The van der Waals surface area contributed by atoms with Crippen LogP contribution >= 0.6 is 27.5 Å². The van der Waals surface area contributed by atoms with E-state index in [1.807, 2.05) is 0 Å². The highest BCUT2D eigenvalue weighted by atomic mass is 79.9. The monoisotopic (exact) mass is 317 g/mol. The van der Waals surface area contributed by atoms with Gasteiger partial charge in [0.1, 0.15) is 0 Å². The summed E-state index contributed by atoms with van der Waals surface area (Å²) >= 11 is 8.90. The van der Waals surface area contributed by atoms with Gasteiger partial charge in [0.05, 0.1) is 5.02 Å². The molecule has 0 aromatic heterocycles. The van der Waals surface area contributed by atoms with E-state index in [4.69, 9.17) is 16.7 Å². The zero-order valence-electron chi connectivity index (χ0n) is 7.85. The van der Waals surface area contributed by atoms with Crippen LogP contribution in [0.1, 0.15) is 0 Å². The van der Waals surface area contributed by atoms with Gasteiger partial charge in [0.25, 0.3) is 0 Å². The number of hydrogen-bond acceptors (Lipinski definition) is 2. The highest BCUT2D eigenvalue weighted by Crippen LogP contribution is 2.26. The van der Waals surface area contributed by atoms with Crippen LogP contribution in [0, 0.1) is 0 Å². The molecule has 0 radical (unpaired) electrons. The lowest BCUT2D eigenvalue weighted by atomic mass is 10.3. The van der Waals surface area contributed by atoms with E-state index in [2.05, 4.69) is 21.2 Å². The summed E-state index contributed by atoms with van der Waals surface area (Å²) in [5, 5.41) is 11.6. The van der Waals surface area contributed by atoms with Crippen LogP contribution in [0.25, 0.3) is 0 Å². The van der Waals surface area contributed by atoms with E-state index in [1.54, 1.807) is 12.1 Å². The van der Waals surface area contributed by atoms with Crippen molar-refractivity contribution in [2.24, 2.45) is 0 Å². The molecule has 0 fully saturated rings. The Morgan fingerprint density at radius 3 is 2.56 bits per heavy atom. The van der Waals surface area contributed by atoms with E-state index < -0.39 is 18.8 Å². The van der Waals surface area contributed by atoms with Crippen LogP contribution in [-0.4, -0.2) is 23.9 Å². The average Bonchev–Trinajstić information content (AvgIpc) is 2.18. The number of aliphatic hydroxyl groups is 1. The quantitative estimate of drug-likeness (QED) is 0.895. The number of hydrogen-bond donors (Lipinski definition) is 2. The van der Waals surface area contributed by atoms with Crippen LogP contribution in [0.2, 0.25) is 5.02 Å². The minimum Gasteiger partial charge on any atom is -0.382 e. The SMILES string of the molecule is OC(CNc1ccc(Br)c(Cl)c1)C(F)(F)F. The lowest BCUT2D eigenvalue weighted by molar-refractivity contribution is -0.198. The molecular weight excluding hydrogens is 310 g/mol. The maximum atomic E-state index is 12.0. The van der Waals surface area contributed by atoms with Crippen molar-refractivity contribution in [2.75, 3.05) is 11.9 Å². The molecule has 2 N–H and O–H groups in total. The van der Waals surface area contributed by atoms with Gasteiger partial charge in [-0.25, -0.2) is 0 Å². The van der Waals surface area contributed by atoms with E-state index in [0.29, 0.717) is 15.2 Å². The van der Waals surface area contributed by atoms with Gasteiger partial charge in [0.2, 0.25) is 0 Å². The first-order valence-electron chi connectivity index (χ1n) is 4.24. The van der Waals surface area contributed by atoms with Gasteiger partial charge in [-0.05, 0) is 34.1 Å². The van der Waals surface area contributed by atoms with Crippen molar-refractivity contribution < 1.29 is 18.3 Å². The minimum atomic E-state index is -4.62. The second-order valence-corrected chi connectivity index (χ2v) is 4.33. The van der Waals surface area contributed by atoms with Crippen molar-refractivity contribution in [3.63, 3.8) is 0 Å². The van der Waals surface area contributed by atoms with Gasteiger partial charge >= 0.3 is 6.18 Å². The van der Waals surface area contributed by atoms with Crippen LogP contribution < -0.4 is 5.32 Å². The van der Waals surface area contributed by atoms with E-state index in [9.17, 15) is 13.2 Å². The summed E-state index contributed by atoms with van der Waals surface area (Å²) < 4.78 is 36.6. The molecule has 0 saturated heterocycles. The van der Waals surface area contributed by atoms with E-state index >= 15 is 0 Å². The summed E-state index contributed by atoms with van der Waals surface area (Å²) in [5.41, 5.74) is 0.413. The first-order chi connectivity index (χ1) is 7.30. The van der Waals surface area contributed by atoms with Crippen molar-refractivity contribution in [2.45, 2.75) is 12.3 Å². The Morgan fingerprint density at radius 1 is 1.44 bits per heavy atom. The minimum absolute atomic E-state index is 0.381. The van der Waals surface area contributed by atoms with E-state index in [1.165, 1.54) is 6.07 Å². The molecule has 0 aliphatic heterocycles. The molecule has 1 aromatic carbocycles. The molecule has 0 bridgehead atoms. The molecule has 0 aliphatic carbocycles. The van der Waals surface area contributed by atoms with Crippen molar-refractivity contribution >= 4 is 33.2 Å². The van der Waals surface area contributed by atoms with Gasteiger partial charge in [-0.1, -0.05) is 11.6 Å². The number of halogens is 5. The summed E-state index contributed by atoms with van der Waals surface area (Å²) in [6.07, 6.45) is -7.01. The van der Waals surface area contributed by atoms with Gasteiger partial charge in [0.15, 0.2) is 6.10 Å². The Labute approximate surface area is 104 Å². The molecule has 1 atom stereocenters. The molecule has 0 amide bonds. The third-order valence-corrected chi connectivity index (χ3v) is 3.03. The molecule has 16 heavy (non-hydrogen) atoms. The molecule has 0 aliphatic rings. The van der Waals surface area contributed by atoms with E-state index in [0.717, 1.165) is 0 Å². The summed E-state index contributed by atoms with van der Waals surface area (Å²) in [5.74, 6) is 0. The fourth-order valence-corrected chi connectivity index (χ4v) is 1.36. The van der Waals surface area contributed by atoms with Crippen molar-refractivity contribution in [1.82, 2.24) is 0 Å². The molecule has 0 spiro atoms. The number of alkyl halides is 3. The number of nitrogens with one attached hydrogen (secondary N) is 1. The summed E-state index contributed by atoms with van der Waals surface area (Å²) in [4.78, 5) is 0. The van der Waals surface area contributed by atoms with Gasteiger partial charge in [-0.15, -0.1) is 0 Å². The summed E-state index contributed by atoms with van der Waals surface area (Å²) in [6.45, 7) is -0.610. The summed E-state index contributed by atoms with van der Waals surface area (Å²) in [6, 6.07) is 4.62. The first kappa shape index (κ1) is 13.6. The first-order valence-corrected chi connectivity index (χ1v) is 5.41. The molecule has 1 aromatic rings.